The Kier molecular flexibility index (Phi) is 6.40. The smallest absolute Gasteiger partial charge is 0.319 e. The molecule has 3 rings (SSSR count). The molecule has 0 aromatic carbocycles. The molecule has 0 saturated carbocycles. The summed E-state index contributed by atoms with van der Waals surface area (Å²) in [5.74, 6) is 0.402. The number of aromatic nitrogens is 2. The van der Waals surface area contributed by atoms with Gasteiger partial charge in [0.15, 0.2) is 5.16 Å². The lowest BCUT2D eigenvalue weighted by molar-refractivity contribution is -0.142. The number of nitrogens with zero attached hydrogens (tertiary/aromatic N) is 1. The Hall–Kier alpha value is -1.34. The lowest BCUT2D eigenvalue weighted by Crippen LogP contribution is -2.19. The van der Waals surface area contributed by atoms with E-state index in [0.717, 1.165) is 48.7 Å². The van der Waals surface area contributed by atoms with Crippen molar-refractivity contribution in [3.63, 3.8) is 0 Å². The summed E-state index contributed by atoms with van der Waals surface area (Å²) in [7, 11) is 0. The Morgan fingerprint density at radius 2 is 2.27 bits per heavy atom. The maximum absolute atomic E-state index is 12.6. The van der Waals surface area contributed by atoms with Gasteiger partial charge in [-0.1, -0.05) is 38.5 Å². The molecule has 26 heavy (non-hydrogen) atoms. The van der Waals surface area contributed by atoms with Gasteiger partial charge in [-0.2, -0.15) is 0 Å². The lowest BCUT2D eigenvalue weighted by atomic mass is 9.89. The molecule has 0 spiro atoms. The van der Waals surface area contributed by atoms with Crippen LogP contribution in [0.1, 0.15) is 56.9 Å². The molecule has 0 saturated heterocycles. The molecule has 2 aromatic rings. The third-order valence-electron chi connectivity index (χ3n) is 4.76. The third-order valence-corrected chi connectivity index (χ3v) is 6.87. The standard InChI is InChI=1S/C19H26N2O3S2/c1-4-5-6-9-24-18(23)12(3)25-19-20-16(22)15-13-8-7-11(2)10-14(13)26-17(15)21-19/h11-12H,4-10H2,1-3H3,(H,20,21,22)/t11-,12-/m0/s1. The van der Waals surface area contributed by atoms with Crippen LogP contribution in [0.15, 0.2) is 9.95 Å². The quantitative estimate of drug-likeness (QED) is 0.328. The van der Waals surface area contributed by atoms with E-state index in [2.05, 4.69) is 23.8 Å². The third kappa shape index (κ3) is 4.31. The van der Waals surface area contributed by atoms with Gasteiger partial charge in [0, 0.05) is 4.88 Å². The van der Waals surface area contributed by atoms with Crippen molar-refractivity contribution in [1.82, 2.24) is 9.97 Å². The molecule has 142 valence electrons. The highest BCUT2D eigenvalue weighted by Gasteiger charge is 2.24. The van der Waals surface area contributed by atoms with Crippen molar-refractivity contribution >= 4 is 39.3 Å². The number of rotatable bonds is 7. The van der Waals surface area contributed by atoms with Gasteiger partial charge in [-0.05, 0) is 44.1 Å². The van der Waals surface area contributed by atoms with E-state index in [4.69, 9.17) is 4.74 Å². The maximum atomic E-state index is 12.6. The van der Waals surface area contributed by atoms with Gasteiger partial charge in [-0.15, -0.1) is 11.3 Å². The zero-order valence-corrected chi connectivity index (χ0v) is 17.2. The van der Waals surface area contributed by atoms with Crippen LogP contribution in [0.2, 0.25) is 0 Å². The monoisotopic (exact) mass is 394 g/mol. The average molecular weight is 395 g/mol. The van der Waals surface area contributed by atoms with Crippen molar-refractivity contribution in [2.45, 2.75) is 69.7 Å². The summed E-state index contributed by atoms with van der Waals surface area (Å²) in [6.45, 7) is 6.61. The largest absolute Gasteiger partial charge is 0.465 e. The van der Waals surface area contributed by atoms with E-state index in [1.165, 1.54) is 22.2 Å². The number of nitrogens with one attached hydrogen (secondary N) is 1. The first-order valence-corrected chi connectivity index (χ1v) is 11.1. The van der Waals surface area contributed by atoms with E-state index in [0.29, 0.717) is 17.7 Å². The number of ether oxygens (including phenoxy) is 1. The summed E-state index contributed by atoms with van der Waals surface area (Å²) in [5.41, 5.74) is 1.09. The van der Waals surface area contributed by atoms with Crippen molar-refractivity contribution in [3.8, 4) is 0 Å². The molecule has 7 heteroatoms. The minimum atomic E-state index is -0.396. The van der Waals surface area contributed by atoms with Gasteiger partial charge in [0.05, 0.1) is 12.0 Å². The van der Waals surface area contributed by atoms with Crippen LogP contribution in [-0.4, -0.2) is 27.8 Å². The first-order valence-electron chi connectivity index (χ1n) is 9.37. The van der Waals surface area contributed by atoms with Crippen LogP contribution < -0.4 is 5.56 Å². The first-order chi connectivity index (χ1) is 12.5. The van der Waals surface area contributed by atoms with Crippen molar-refractivity contribution in [2.24, 2.45) is 5.92 Å². The minimum Gasteiger partial charge on any atom is -0.465 e. The van der Waals surface area contributed by atoms with Crippen LogP contribution in [-0.2, 0) is 22.4 Å². The number of H-pyrrole nitrogens is 1. The molecular formula is C19H26N2O3S2. The zero-order chi connectivity index (χ0) is 18.7. The molecule has 0 aliphatic heterocycles. The van der Waals surface area contributed by atoms with Gasteiger partial charge >= 0.3 is 5.97 Å². The molecular weight excluding hydrogens is 368 g/mol. The van der Waals surface area contributed by atoms with Crippen molar-refractivity contribution < 1.29 is 9.53 Å². The van der Waals surface area contributed by atoms with E-state index in [-0.39, 0.29) is 11.5 Å². The average Bonchev–Trinajstić information content (AvgIpc) is 2.96. The van der Waals surface area contributed by atoms with Gasteiger partial charge < -0.3 is 9.72 Å². The van der Waals surface area contributed by atoms with Crippen LogP contribution in [0.4, 0.5) is 0 Å². The number of aryl methyl sites for hydroxylation is 1. The Labute approximate surface area is 161 Å². The summed E-state index contributed by atoms with van der Waals surface area (Å²) in [4.78, 5) is 34.2. The minimum absolute atomic E-state index is 0.0898. The highest BCUT2D eigenvalue weighted by atomic mass is 32.2. The molecule has 0 bridgehead atoms. The molecule has 2 aromatic heterocycles. The van der Waals surface area contributed by atoms with E-state index in [9.17, 15) is 9.59 Å². The van der Waals surface area contributed by atoms with Crippen LogP contribution in [0, 0.1) is 5.92 Å². The topological polar surface area (TPSA) is 72.0 Å². The molecule has 2 heterocycles. The number of carbonyl (C=O) groups excluding carboxylic acids is 1. The Bertz CT molecular complexity index is 843. The number of thiophene rings is 1. The molecule has 0 radical (unpaired) electrons. The van der Waals surface area contributed by atoms with Crippen molar-refractivity contribution in [3.05, 3.63) is 20.8 Å². The highest BCUT2D eigenvalue weighted by molar-refractivity contribution is 8.00. The van der Waals surface area contributed by atoms with Crippen LogP contribution in [0.3, 0.4) is 0 Å². The molecule has 0 unspecified atom stereocenters. The molecule has 1 aliphatic rings. The van der Waals surface area contributed by atoms with Crippen molar-refractivity contribution in [2.75, 3.05) is 6.61 Å². The fourth-order valence-electron chi connectivity index (χ4n) is 3.24. The van der Waals surface area contributed by atoms with Gasteiger partial charge in [0.1, 0.15) is 10.1 Å². The number of esters is 1. The summed E-state index contributed by atoms with van der Waals surface area (Å²) in [6, 6.07) is 0. The molecule has 1 aliphatic carbocycles. The van der Waals surface area contributed by atoms with E-state index < -0.39 is 5.25 Å². The fourth-order valence-corrected chi connectivity index (χ4v) is 5.48. The summed E-state index contributed by atoms with van der Waals surface area (Å²) in [6.07, 6.45) is 6.14. The van der Waals surface area contributed by atoms with Gasteiger partial charge in [0.25, 0.3) is 5.56 Å². The summed E-state index contributed by atoms with van der Waals surface area (Å²) < 4.78 is 5.30. The Balaban J connectivity index is 1.73. The number of fused-ring (bicyclic) bond motifs is 3. The highest BCUT2D eigenvalue weighted by Crippen LogP contribution is 2.36. The van der Waals surface area contributed by atoms with Crippen molar-refractivity contribution in [1.29, 1.82) is 0 Å². The molecule has 5 nitrogen and oxygen atoms in total. The van der Waals surface area contributed by atoms with Crippen LogP contribution >= 0.6 is 23.1 Å². The Morgan fingerprint density at radius 1 is 1.46 bits per heavy atom. The number of aromatic amines is 1. The van der Waals surface area contributed by atoms with E-state index >= 15 is 0 Å². The van der Waals surface area contributed by atoms with Crippen LogP contribution in [0.25, 0.3) is 10.2 Å². The fraction of sp³-hybridized carbons (Fsp3) is 0.632. The van der Waals surface area contributed by atoms with E-state index in [1.54, 1.807) is 18.3 Å². The predicted molar refractivity (Wildman–Crippen MR) is 107 cm³/mol. The Morgan fingerprint density at radius 3 is 3.04 bits per heavy atom. The normalized spacial score (nSPS) is 17.9. The van der Waals surface area contributed by atoms with Crippen LogP contribution in [0.5, 0.6) is 0 Å². The predicted octanol–water partition coefficient (Wildman–Crippen LogP) is 4.32. The second kappa shape index (κ2) is 8.57. The maximum Gasteiger partial charge on any atom is 0.319 e. The molecule has 0 fully saturated rings. The number of unbranched alkanes of at least 4 members (excludes halogenated alkanes) is 2. The van der Waals surface area contributed by atoms with Gasteiger partial charge in [-0.25, -0.2) is 4.98 Å². The van der Waals surface area contributed by atoms with E-state index in [1.807, 2.05) is 0 Å². The number of thioether (sulfide) groups is 1. The summed E-state index contributed by atoms with van der Waals surface area (Å²) in [5, 5.41) is 0.843. The molecule has 0 amide bonds. The van der Waals surface area contributed by atoms with Gasteiger partial charge in [0.2, 0.25) is 0 Å². The summed E-state index contributed by atoms with van der Waals surface area (Å²) >= 11 is 2.88. The SMILES string of the molecule is CCCCCOC(=O)[C@H](C)Sc1nc2sc3c(c2c(=O)[nH]1)CC[C@H](C)C3. The number of hydrogen-bond donors (Lipinski definition) is 1. The lowest BCUT2D eigenvalue weighted by Gasteiger charge is -2.17. The zero-order valence-electron chi connectivity index (χ0n) is 15.6. The first kappa shape index (κ1) is 19.4. The number of hydrogen-bond acceptors (Lipinski definition) is 6. The molecule has 2 atom stereocenters. The molecule has 1 N–H and O–H groups in total. The number of carbonyl (C=O) groups is 1. The second-order valence-electron chi connectivity index (χ2n) is 7.04. The second-order valence-corrected chi connectivity index (χ2v) is 9.45. The van der Waals surface area contributed by atoms with Gasteiger partial charge in [-0.3, -0.25) is 9.59 Å².